The van der Waals surface area contributed by atoms with Gasteiger partial charge in [-0.1, -0.05) is 26.7 Å². The minimum absolute atomic E-state index is 0.196. The Morgan fingerprint density at radius 1 is 1.27 bits per heavy atom. The number of amides is 1. The van der Waals surface area contributed by atoms with Crippen LogP contribution in [0.2, 0.25) is 0 Å². The molecule has 3 aliphatic rings. The SMILES string of the molecule is C[C@H](CC(=O)N1CCCCCC1)N[C@@H]1[C@H]2CCO[C@@H]2C1(C)C. The molecule has 4 heteroatoms. The van der Waals surface area contributed by atoms with Gasteiger partial charge in [-0.15, -0.1) is 0 Å². The van der Waals surface area contributed by atoms with Crippen molar-refractivity contribution in [2.24, 2.45) is 11.3 Å². The third kappa shape index (κ3) is 3.05. The molecule has 0 bridgehead atoms. The number of carbonyl (C=O) groups excluding carboxylic acids is 1. The van der Waals surface area contributed by atoms with Crippen LogP contribution in [0.5, 0.6) is 0 Å². The molecule has 0 radical (unpaired) electrons. The molecule has 3 rings (SSSR count). The van der Waals surface area contributed by atoms with Gasteiger partial charge in [-0.25, -0.2) is 0 Å². The van der Waals surface area contributed by atoms with Crippen molar-refractivity contribution in [3.05, 3.63) is 0 Å². The first-order valence-electron chi connectivity index (χ1n) is 9.15. The summed E-state index contributed by atoms with van der Waals surface area (Å²) < 4.78 is 5.85. The predicted octanol–water partition coefficient (Wildman–Crippen LogP) is 2.57. The van der Waals surface area contributed by atoms with Crippen LogP contribution < -0.4 is 5.32 Å². The van der Waals surface area contributed by atoms with Crippen molar-refractivity contribution in [3.63, 3.8) is 0 Å². The average Bonchev–Trinajstić information content (AvgIpc) is 2.75. The van der Waals surface area contributed by atoms with E-state index in [0.29, 0.717) is 30.4 Å². The zero-order chi connectivity index (χ0) is 15.7. The maximum atomic E-state index is 12.5. The van der Waals surface area contributed by atoms with Gasteiger partial charge in [0.05, 0.1) is 6.10 Å². The molecule has 0 aromatic rings. The molecule has 1 N–H and O–H groups in total. The minimum Gasteiger partial charge on any atom is -0.377 e. The topological polar surface area (TPSA) is 41.6 Å². The Morgan fingerprint density at radius 2 is 1.95 bits per heavy atom. The van der Waals surface area contributed by atoms with Gasteiger partial charge < -0.3 is 15.0 Å². The lowest BCUT2D eigenvalue weighted by Crippen LogP contribution is -2.67. The fourth-order valence-electron chi connectivity index (χ4n) is 4.74. The standard InChI is InChI=1S/C18H32N2O2/c1-13(12-15(21)20-9-6-4-5-7-10-20)19-16-14-8-11-22-17(14)18(16,2)3/h13-14,16-17,19H,4-12H2,1-3H3/t13-,14-,16-,17+/m1/s1. The molecule has 0 aromatic carbocycles. The van der Waals surface area contributed by atoms with E-state index < -0.39 is 0 Å². The Bertz CT molecular complexity index is 402. The molecular weight excluding hydrogens is 276 g/mol. The highest BCUT2D eigenvalue weighted by atomic mass is 16.5. The summed E-state index contributed by atoms with van der Waals surface area (Å²) in [4.78, 5) is 14.6. The Hall–Kier alpha value is -0.610. The first-order chi connectivity index (χ1) is 10.5. The molecule has 1 aliphatic carbocycles. The molecule has 3 fully saturated rings. The first kappa shape index (κ1) is 16.3. The van der Waals surface area contributed by atoms with E-state index in [0.717, 1.165) is 19.7 Å². The number of ether oxygens (including phenoxy) is 1. The molecule has 2 heterocycles. The fourth-order valence-corrected chi connectivity index (χ4v) is 4.74. The second-order valence-electron chi connectivity index (χ2n) is 8.11. The normalized spacial score (nSPS) is 35.4. The van der Waals surface area contributed by atoms with Crippen molar-refractivity contribution in [2.75, 3.05) is 19.7 Å². The van der Waals surface area contributed by atoms with Gasteiger partial charge in [0, 0.05) is 49.5 Å². The number of hydrogen-bond acceptors (Lipinski definition) is 3. The van der Waals surface area contributed by atoms with Crippen LogP contribution >= 0.6 is 0 Å². The van der Waals surface area contributed by atoms with Crippen LogP contribution in [0.3, 0.4) is 0 Å². The largest absolute Gasteiger partial charge is 0.377 e. The molecule has 2 aliphatic heterocycles. The predicted molar refractivity (Wildman–Crippen MR) is 87.7 cm³/mol. The monoisotopic (exact) mass is 308 g/mol. The Kier molecular flexibility index (Phi) is 4.79. The van der Waals surface area contributed by atoms with Gasteiger partial charge in [-0.05, 0) is 26.2 Å². The number of nitrogens with one attached hydrogen (secondary N) is 1. The van der Waals surface area contributed by atoms with E-state index in [1.165, 1.54) is 32.1 Å². The van der Waals surface area contributed by atoms with Gasteiger partial charge in [-0.2, -0.15) is 0 Å². The van der Waals surface area contributed by atoms with Crippen LogP contribution in [0.4, 0.5) is 0 Å². The van der Waals surface area contributed by atoms with E-state index in [4.69, 9.17) is 4.74 Å². The van der Waals surface area contributed by atoms with Gasteiger partial charge in [0.1, 0.15) is 0 Å². The molecule has 4 nitrogen and oxygen atoms in total. The first-order valence-corrected chi connectivity index (χ1v) is 9.15. The van der Waals surface area contributed by atoms with E-state index in [1.54, 1.807) is 0 Å². The zero-order valence-corrected chi connectivity index (χ0v) is 14.4. The van der Waals surface area contributed by atoms with E-state index in [1.807, 2.05) is 0 Å². The number of fused-ring (bicyclic) bond motifs is 1. The molecule has 4 atom stereocenters. The summed E-state index contributed by atoms with van der Waals surface area (Å²) in [6.07, 6.45) is 7.10. The number of nitrogens with zero attached hydrogens (tertiary/aromatic N) is 1. The number of carbonyl (C=O) groups is 1. The average molecular weight is 308 g/mol. The van der Waals surface area contributed by atoms with E-state index in [2.05, 4.69) is 31.0 Å². The molecule has 0 aromatic heterocycles. The van der Waals surface area contributed by atoms with Gasteiger partial charge in [-0.3, -0.25) is 4.79 Å². The van der Waals surface area contributed by atoms with Gasteiger partial charge in [0.15, 0.2) is 0 Å². The summed E-state index contributed by atoms with van der Waals surface area (Å²) in [5.41, 5.74) is 0.196. The number of hydrogen-bond donors (Lipinski definition) is 1. The third-order valence-corrected chi connectivity index (χ3v) is 6.00. The molecule has 2 saturated heterocycles. The second kappa shape index (κ2) is 6.48. The van der Waals surface area contributed by atoms with Crippen molar-refractivity contribution in [2.45, 2.75) is 77.5 Å². The third-order valence-electron chi connectivity index (χ3n) is 6.00. The highest BCUT2D eigenvalue weighted by Crippen LogP contribution is 2.52. The van der Waals surface area contributed by atoms with Gasteiger partial charge in [0.2, 0.25) is 5.91 Å². The van der Waals surface area contributed by atoms with E-state index in [9.17, 15) is 4.79 Å². The van der Waals surface area contributed by atoms with Crippen LogP contribution in [0.25, 0.3) is 0 Å². The fraction of sp³-hybridized carbons (Fsp3) is 0.944. The van der Waals surface area contributed by atoms with Crippen molar-refractivity contribution in [1.82, 2.24) is 10.2 Å². The summed E-state index contributed by atoms with van der Waals surface area (Å²) in [7, 11) is 0. The molecule has 0 unspecified atom stereocenters. The second-order valence-corrected chi connectivity index (χ2v) is 8.11. The minimum atomic E-state index is 0.196. The zero-order valence-electron chi connectivity index (χ0n) is 14.4. The summed E-state index contributed by atoms with van der Waals surface area (Å²) in [5.74, 6) is 0.976. The van der Waals surface area contributed by atoms with Crippen molar-refractivity contribution >= 4 is 5.91 Å². The maximum Gasteiger partial charge on any atom is 0.224 e. The van der Waals surface area contributed by atoms with Crippen molar-refractivity contribution in [1.29, 1.82) is 0 Å². The molecular formula is C18H32N2O2. The Morgan fingerprint density at radius 3 is 2.64 bits per heavy atom. The van der Waals surface area contributed by atoms with Gasteiger partial charge >= 0.3 is 0 Å². The molecule has 1 saturated carbocycles. The quantitative estimate of drug-likeness (QED) is 0.868. The van der Waals surface area contributed by atoms with Crippen molar-refractivity contribution < 1.29 is 9.53 Å². The summed E-state index contributed by atoms with van der Waals surface area (Å²) in [6.45, 7) is 9.56. The Labute approximate surface area is 135 Å². The lowest BCUT2D eigenvalue weighted by molar-refractivity contribution is -0.133. The number of likely N-dealkylation sites (tertiary alicyclic amines) is 1. The highest BCUT2D eigenvalue weighted by molar-refractivity contribution is 5.76. The van der Waals surface area contributed by atoms with Crippen LogP contribution in [0, 0.1) is 11.3 Å². The van der Waals surface area contributed by atoms with Gasteiger partial charge in [0.25, 0.3) is 0 Å². The maximum absolute atomic E-state index is 12.5. The summed E-state index contributed by atoms with van der Waals surface area (Å²) in [6, 6.07) is 0.744. The molecule has 126 valence electrons. The van der Waals surface area contributed by atoms with Crippen LogP contribution in [-0.2, 0) is 9.53 Å². The van der Waals surface area contributed by atoms with E-state index >= 15 is 0 Å². The number of rotatable bonds is 4. The van der Waals surface area contributed by atoms with E-state index in [-0.39, 0.29) is 11.5 Å². The lowest BCUT2D eigenvalue weighted by atomic mass is 9.57. The lowest BCUT2D eigenvalue weighted by Gasteiger charge is -2.55. The highest BCUT2D eigenvalue weighted by Gasteiger charge is 2.59. The molecule has 0 spiro atoms. The van der Waals surface area contributed by atoms with Crippen LogP contribution in [0.1, 0.15) is 59.3 Å². The summed E-state index contributed by atoms with van der Waals surface area (Å²) >= 11 is 0. The smallest absolute Gasteiger partial charge is 0.224 e. The van der Waals surface area contributed by atoms with Crippen LogP contribution in [-0.4, -0.2) is 48.7 Å². The molecule has 1 amide bonds. The van der Waals surface area contributed by atoms with Crippen molar-refractivity contribution in [3.8, 4) is 0 Å². The Balaban J connectivity index is 1.49. The summed E-state index contributed by atoms with van der Waals surface area (Å²) in [5, 5.41) is 3.74. The van der Waals surface area contributed by atoms with Crippen LogP contribution in [0.15, 0.2) is 0 Å². The molecule has 22 heavy (non-hydrogen) atoms.